The van der Waals surface area contributed by atoms with Gasteiger partial charge >= 0.3 is 0 Å². The first kappa shape index (κ1) is 16.9. The minimum absolute atomic E-state index is 0.240. The van der Waals surface area contributed by atoms with Crippen molar-refractivity contribution in [1.29, 1.82) is 0 Å². The van der Waals surface area contributed by atoms with Crippen molar-refractivity contribution in [3.8, 4) is 0 Å². The first-order valence-electron chi connectivity index (χ1n) is 8.19. The molecule has 0 saturated carbocycles. The molecule has 0 aliphatic heterocycles. The summed E-state index contributed by atoms with van der Waals surface area (Å²) in [5.41, 5.74) is 1.83. The molecule has 0 aromatic carbocycles. The van der Waals surface area contributed by atoms with Crippen LogP contribution in [0.15, 0.2) is 18.5 Å². The van der Waals surface area contributed by atoms with Crippen molar-refractivity contribution in [2.45, 2.75) is 78.1 Å². The fourth-order valence-electron chi connectivity index (χ4n) is 2.45. The van der Waals surface area contributed by atoms with Gasteiger partial charge in [0.25, 0.3) is 0 Å². The van der Waals surface area contributed by atoms with E-state index >= 15 is 0 Å². The van der Waals surface area contributed by atoms with Gasteiger partial charge in [-0.2, -0.15) is 0 Å². The molecule has 1 heterocycles. The molecule has 0 amide bonds. The Morgan fingerprint density at radius 2 is 1.55 bits per heavy atom. The van der Waals surface area contributed by atoms with Crippen LogP contribution in [0.3, 0.4) is 0 Å². The highest BCUT2D eigenvalue weighted by Crippen LogP contribution is 2.12. The molecule has 2 heteroatoms. The summed E-state index contributed by atoms with van der Waals surface area (Å²) < 4.78 is 0. The second kappa shape index (κ2) is 10.6. The number of carbonyl (C=O) groups is 1. The van der Waals surface area contributed by atoms with Crippen molar-refractivity contribution in [2.24, 2.45) is 0 Å². The molecular formula is C18H29NO. The van der Waals surface area contributed by atoms with Crippen LogP contribution in [0.2, 0.25) is 0 Å². The Kier molecular flexibility index (Phi) is 8.93. The fraction of sp³-hybridized carbons (Fsp3) is 0.667. The predicted octanol–water partition coefficient (Wildman–Crippen LogP) is 5.49. The second-order valence-electron chi connectivity index (χ2n) is 5.75. The Hall–Kier alpha value is -1.18. The van der Waals surface area contributed by atoms with E-state index in [0.29, 0.717) is 6.42 Å². The van der Waals surface area contributed by atoms with E-state index in [4.69, 9.17) is 0 Å². The molecule has 0 aliphatic rings. The van der Waals surface area contributed by atoms with Crippen molar-refractivity contribution >= 4 is 5.78 Å². The summed E-state index contributed by atoms with van der Waals surface area (Å²) in [6, 6.07) is 1.93. The van der Waals surface area contributed by atoms with Gasteiger partial charge in [-0.3, -0.25) is 9.78 Å². The molecular weight excluding hydrogens is 246 g/mol. The van der Waals surface area contributed by atoms with Crippen LogP contribution in [0.5, 0.6) is 0 Å². The number of aryl methyl sites for hydroxylation is 1. The molecule has 0 atom stereocenters. The van der Waals surface area contributed by atoms with Crippen molar-refractivity contribution in [3.63, 3.8) is 0 Å². The normalized spacial score (nSPS) is 10.7. The van der Waals surface area contributed by atoms with Crippen LogP contribution >= 0.6 is 0 Å². The lowest BCUT2D eigenvalue weighted by molar-refractivity contribution is 0.0978. The third kappa shape index (κ3) is 7.42. The molecule has 0 unspecified atom stereocenters. The zero-order chi connectivity index (χ0) is 14.6. The number of nitrogens with zero attached hydrogens (tertiary/aromatic N) is 1. The Morgan fingerprint density at radius 3 is 2.15 bits per heavy atom. The van der Waals surface area contributed by atoms with Gasteiger partial charge in [0.1, 0.15) is 0 Å². The third-order valence-corrected chi connectivity index (χ3v) is 3.70. The minimum Gasteiger partial charge on any atom is -0.294 e. The van der Waals surface area contributed by atoms with Gasteiger partial charge in [-0.15, -0.1) is 0 Å². The number of pyridine rings is 1. The van der Waals surface area contributed by atoms with Gasteiger partial charge in [-0.25, -0.2) is 0 Å². The van der Waals surface area contributed by atoms with Crippen molar-refractivity contribution in [3.05, 3.63) is 29.6 Å². The summed E-state index contributed by atoms with van der Waals surface area (Å²) in [6.07, 6.45) is 15.7. The summed E-state index contributed by atoms with van der Waals surface area (Å²) in [5.74, 6) is 0.240. The number of unbranched alkanes of at least 4 members (excludes halogenated alkanes) is 8. The number of rotatable bonds is 11. The summed E-state index contributed by atoms with van der Waals surface area (Å²) in [6.45, 7) is 4.23. The van der Waals surface area contributed by atoms with E-state index < -0.39 is 0 Å². The van der Waals surface area contributed by atoms with Crippen molar-refractivity contribution in [1.82, 2.24) is 4.98 Å². The van der Waals surface area contributed by atoms with Gasteiger partial charge in [0.2, 0.25) is 0 Å². The van der Waals surface area contributed by atoms with Crippen LogP contribution in [0.4, 0.5) is 0 Å². The SMILES string of the molecule is CCCCCCCCCCCC(=O)c1cncc(C)c1. The van der Waals surface area contributed by atoms with Crippen LogP contribution in [0.25, 0.3) is 0 Å². The fourth-order valence-corrected chi connectivity index (χ4v) is 2.45. The third-order valence-electron chi connectivity index (χ3n) is 3.70. The maximum absolute atomic E-state index is 12.0. The number of hydrogen-bond acceptors (Lipinski definition) is 2. The van der Waals surface area contributed by atoms with Crippen LogP contribution in [0, 0.1) is 6.92 Å². The first-order chi connectivity index (χ1) is 9.74. The number of Topliss-reactive ketones (excluding diaryl/α,β-unsaturated/α-hetero) is 1. The lowest BCUT2D eigenvalue weighted by Crippen LogP contribution is -2.00. The molecule has 0 spiro atoms. The molecule has 0 aliphatic carbocycles. The van der Waals surface area contributed by atoms with E-state index in [1.165, 1.54) is 51.4 Å². The lowest BCUT2D eigenvalue weighted by atomic mass is 10.0. The average molecular weight is 275 g/mol. The van der Waals surface area contributed by atoms with Gasteiger partial charge in [0.15, 0.2) is 5.78 Å². The lowest BCUT2D eigenvalue weighted by Gasteiger charge is -2.03. The summed E-state index contributed by atoms with van der Waals surface area (Å²) in [7, 11) is 0. The van der Waals surface area contributed by atoms with Gasteiger partial charge < -0.3 is 0 Å². The maximum Gasteiger partial charge on any atom is 0.164 e. The number of ketones is 1. The zero-order valence-corrected chi connectivity index (χ0v) is 13.2. The van der Waals surface area contributed by atoms with Crippen LogP contribution in [-0.2, 0) is 0 Å². The first-order valence-corrected chi connectivity index (χ1v) is 8.19. The molecule has 0 saturated heterocycles. The average Bonchev–Trinajstić information content (AvgIpc) is 2.45. The standard InChI is InChI=1S/C18H29NO/c1-3-4-5-6-7-8-9-10-11-12-18(20)17-13-16(2)14-19-15-17/h13-15H,3-12H2,1-2H3. The molecule has 2 nitrogen and oxygen atoms in total. The monoisotopic (exact) mass is 275 g/mol. The number of carbonyl (C=O) groups excluding carboxylic acids is 1. The highest BCUT2D eigenvalue weighted by Gasteiger charge is 2.05. The molecule has 1 aromatic heterocycles. The highest BCUT2D eigenvalue weighted by molar-refractivity contribution is 5.95. The topological polar surface area (TPSA) is 30.0 Å². The minimum atomic E-state index is 0.240. The molecule has 112 valence electrons. The Labute approximate surface area is 124 Å². The largest absolute Gasteiger partial charge is 0.294 e. The van der Waals surface area contributed by atoms with Gasteiger partial charge in [-0.05, 0) is 25.0 Å². The van der Waals surface area contributed by atoms with E-state index in [9.17, 15) is 4.79 Å². The van der Waals surface area contributed by atoms with Crippen LogP contribution < -0.4 is 0 Å². The number of hydrogen-bond donors (Lipinski definition) is 0. The maximum atomic E-state index is 12.0. The summed E-state index contributed by atoms with van der Waals surface area (Å²) >= 11 is 0. The summed E-state index contributed by atoms with van der Waals surface area (Å²) in [4.78, 5) is 16.0. The van der Waals surface area contributed by atoms with E-state index in [1.54, 1.807) is 12.4 Å². The molecule has 0 bridgehead atoms. The summed E-state index contributed by atoms with van der Waals surface area (Å²) in [5, 5.41) is 0. The molecule has 0 fully saturated rings. The van der Waals surface area contributed by atoms with Crippen molar-refractivity contribution in [2.75, 3.05) is 0 Å². The van der Waals surface area contributed by atoms with E-state index in [1.807, 2.05) is 13.0 Å². The second-order valence-corrected chi connectivity index (χ2v) is 5.75. The Bertz CT molecular complexity index is 387. The quantitative estimate of drug-likeness (QED) is 0.394. The number of aromatic nitrogens is 1. The Morgan fingerprint density at radius 1 is 0.950 bits per heavy atom. The molecule has 0 radical (unpaired) electrons. The molecule has 1 aromatic rings. The Balaban J connectivity index is 2.02. The van der Waals surface area contributed by atoms with Gasteiger partial charge in [0.05, 0.1) is 0 Å². The zero-order valence-electron chi connectivity index (χ0n) is 13.2. The van der Waals surface area contributed by atoms with Gasteiger partial charge in [-0.1, -0.05) is 58.3 Å². The molecule has 20 heavy (non-hydrogen) atoms. The molecule has 1 rings (SSSR count). The van der Waals surface area contributed by atoms with Crippen molar-refractivity contribution < 1.29 is 4.79 Å². The van der Waals surface area contributed by atoms with E-state index in [-0.39, 0.29) is 5.78 Å². The highest BCUT2D eigenvalue weighted by atomic mass is 16.1. The van der Waals surface area contributed by atoms with Gasteiger partial charge in [0, 0.05) is 24.4 Å². The van der Waals surface area contributed by atoms with Crippen LogP contribution in [-0.4, -0.2) is 10.8 Å². The van der Waals surface area contributed by atoms with Crippen LogP contribution in [0.1, 0.15) is 87.1 Å². The smallest absolute Gasteiger partial charge is 0.164 e. The predicted molar refractivity (Wildman–Crippen MR) is 85.1 cm³/mol. The van der Waals surface area contributed by atoms with E-state index in [2.05, 4.69) is 11.9 Å². The molecule has 0 N–H and O–H groups in total. The van der Waals surface area contributed by atoms with E-state index in [0.717, 1.165) is 17.5 Å².